The molecule has 0 saturated carbocycles. The summed E-state index contributed by atoms with van der Waals surface area (Å²) in [6.07, 6.45) is 1.19. The highest BCUT2D eigenvalue weighted by Crippen LogP contribution is 2.25. The Labute approximate surface area is 109 Å². The van der Waals surface area contributed by atoms with Gasteiger partial charge in [-0.3, -0.25) is 0 Å². The highest BCUT2D eigenvalue weighted by Gasteiger charge is 2.13. The van der Waals surface area contributed by atoms with Crippen molar-refractivity contribution in [2.24, 2.45) is 0 Å². The molecule has 1 heterocycles. The summed E-state index contributed by atoms with van der Waals surface area (Å²) in [5.74, 6) is 4.22. The fourth-order valence-electron chi connectivity index (χ4n) is 1.48. The van der Waals surface area contributed by atoms with Gasteiger partial charge >= 0.3 is 0 Å². The molecule has 0 aliphatic rings. The van der Waals surface area contributed by atoms with E-state index in [1.807, 2.05) is 0 Å². The first-order valence-electron chi connectivity index (χ1n) is 5.51. The summed E-state index contributed by atoms with van der Waals surface area (Å²) >= 11 is 0. The van der Waals surface area contributed by atoms with Gasteiger partial charge in [0.2, 0.25) is 5.88 Å². The minimum absolute atomic E-state index is 0.130. The van der Waals surface area contributed by atoms with Crippen LogP contribution in [0.5, 0.6) is 5.88 Å². The number of hydrogen-bond donors (Lipinski definition) is 0. The van der Waals surface area contributed by atoms with Gasteiger partial charge in [0.25, 0.3) is 0 Å². The lowest BCUT2D eigenvalue weighted by atomic mass is 10.1. The molecule has 0 N–H and O–H groups in total. The highest BCUT2D eigenvalue weighted by molar-refractivity contribution is 5.61. The number of halogens is 2. The average molecular weight is 260 g/mol. The highest BCUT2D eigenvalue weighted by atomic mass is 19.1. The minimum Gasteiger partial charge on any atom is -0.464 e. The zero-order chi connectivity index (χ0) is 13.7. The molecule has 2 aromatic rings. The van der Waals surface area contributed by atoms with E-state index in [2.05, 4.69) is 21.8 Å². The molecule has 19 heavy (non-hydrogen) atoms. The molecule has 0 unspecified atom stereocenters. The molecule has 0 aliphatic heterocycles. The fraction of sp³-hybridized carbons (Fsp3) is 0.143. The topological polar surface area (TPSA) is 35.0 Å². The van der Waals surface area contributed by atoms with E-state index in [4.69, 9.17) is 4.74 Å². The third kappa shape index (κ3) is 3.05. The van der Waals surface area contributed by atoms with Crippen molar-refractivity contribution in [1.29, 1.82) is 0 Å². The minimum atomic E-state index is -0.682. The van der Waals surface area contributed by atoms with Gasteiger partial charge < -0.3 is 4.74 Å². The van der Waals surface area contributed by atoms with E-state index in [-0.39, 0.29) is 23.7 Å². The molecule has 3 nitrogen and oxygen atoms in total. The standard InChI is InChI=1S/C14H10F2N2O/c1-2-3-7-19-13-8-12(17-9-18-13)14-10(15)5-4-6-11(14)16/h4-6,8-9H,7H2,1H3. The molecule has 1 aromatic heterocycles. The predicted molar refractivity (Wildman–Crippen MR) is 66.3 cm³/mol. The van der Waals surface area contributed by atoms with Crippen LogP contribution in [0.1, 0.15) is 6.92 Å². The van der Waals surface area contributed by atoms with Crippen LogP contribution in [0.25, 0.3) is 11.3 Å². The first-order valence-corrected chi connectivity index (χ1v) is 5.51. The average Bonchev–Trinajstić information content (AvgIpc) is 2.39. The largest absolute Gasteiger partial charge is 0.464 e. The van der Waals surface area contributed by atoms with Crippen LogP contribution in [0.3, 0.4) is 0 Å². The number of ether oxygens (including phenoxy) is 1. The van der Waals surface area contributed by atoms with E-state index in [0.29, 0.717) is 0 Å². The van der Waals surface area contributed by atoms with Crippen molar-refractivity contribution < 1.29 is 13.5 Å². The second-order valence-corrected chi connectivity index (χ2v) is 3.55. The van der Waals surface area contributed by atoms with Crippen molar-refractivity contribution in [2.45, 2.75) is 6.92 Å². The Kier molecular flexibility index (Phi) is 4.04. The second kappa shape index (κ2) is 5.91. The van der Waals surface area contributed by atoms with Crippen molar-refractivity contribution in [2.75, 3.05) is 6.61 Å². The van der Waals surface area contributed by atoms with Gasteiger partial charge in [-0.05, 0) is 19.1 Å². The van der Waals surface area contributed by atoms with Crippen LogP contribution < -0.4 is 4.74 Å². The summed E-state index contributed by atoms with van der Waals surface area (Å²) in [4.78, 5) is 7.70. The van der Waals surface area contributed by atoms with Crippen molar-refractivity contribution in [3.63, 3.8) is 0 Å². The molecule has 0 saturated heterocycles. The summed E-state index contributed by atoms with van der Waals surface area (Å²) in [7, 11) is 0. The molecule has 0 radical (unpaired) electrons. The normalized spacial score (nSPS) is 9.63. The maximum absolute atomic E-state index is 13.6. The zero-order valence-electron chi connectivity index (χ0n) is 10.2. The van der Waals surface area contributed by atoms with Gasteiger partial charge in [-0.25, -0.2) is 18.7 Å². The van der Waals surface area contributed by atoms with E-state index >= 15 is 0 Å². The van der Waals surface area contributed by atoms with Crippen LogP contribution in [0.4, 0.5) is 8.78 Å². The molecule has 0 atom stereocenters. The Morgan fingerprint density at radius 2 is 1.95 bits per heavy atom. The molecule has 0 spiro atoms. The zero-order valence-corrected chi connectivity index (χ0v) is 10.2. The third-order valence-corrected chi connectivity index (χ3v) is 2.33. The Morgan fingerprint density at radius 3 is 2.63 bits per heavy atom. The molecule has 96 valence electrons. The molecule has 2 rings (SSSR count). The number of aromatic nitrogens is 2. The molecule has 1 aromatic carbocycles. The SMILES string of the molecule is CC#CCOc1cc(-c2c(F)cccc2F)ncn1. The maximum atomic E-state index is 13.6. The molecule has 0 bridgehead atoms. The second-order valence-electron chi connectivity index (χ2n) is 3.55. The molecule has 0 fully saturated rings. The Morgan fingerprint density at radius 1 is 1.21 bits per heavy atom. The van der Waals surface area contributed by atoms with Gasteiger partial charge in [0.15, 0.2) is 6.61 Å². The Balaban J connectivity index is 2.34. The van der Waals surface area contributed by atoms with Crippen LogP contribution in [0, 0.1) is 23.5 Å². The first-order chi connectivity index (χ1) is 9.22. The predicted octanol–water partition coefficient (Wildman–Crippen LogP) is 2.82. The summed E-state index contributed by atoms with van der Waals surface area (Å²) in [5, 5.41) is 0. The van der Waals surface area contributed by atoms with Crippen molar-refractivity contribution in [1.82, 2.24) is 9.97 Å². The number of nitrogens with zero attached hydrogens (tertiary/aromatic N) is 2. The van der Waals surface area contributed by atoms with E-state index in [1.165, 1.54) is 30.6 Å². The molecular weight excluding hydrogens is 250 g/mol. The van der Waals surface area contributed by atoms with Gasteiger partial charge in [0.1, 0.15) is 18.0 Å². The van der Waals surface area contributed by atoms with Gasteiger partial charge in [0, 0.05) is 6.07 Å². The van der Waals surface area contributed by atoms with Crippen LogP contribution in [0.2, 0.25) is 0 Å². The van der Waals surface area contributed by atoms with E-state index in [0.717, 1.165) is 0 Å². The first kappa shape index (κ1) is 13.0. The summed E-state index contributed by atoms with van der Waals surface area (Å²) in [6, 6.07) is 5.01. The van der Waals surface area contributed by atoms with Crippen molar-refractivity contribution >= 4 is 0 Å². The Hall–Kier alpha value is -2.48. The van der Waals surface area contributed by atoms with Gasteiger partial charge in [-0.1, -0.05) is 12.0 Å². The molecule has 0 aliphatic carbocycles. The lowest BCUT2D eigenvalue weighted by Gasteiger charge is -2.06. The molecule has 5 heteroatoms. The quantitative estimate of drug-likeness (QED) is 0.796. The number of hydrogen-bond acceptors (Lipinski definition) is 3. The van der Waals surface area contributed by atoms with Gasteiger partial charge in [-0.2, -0.15) is 0 Å². The van der Waals surface area contributed by atoms with Gasteiger partial charge in [-0.15, -0.1) is 5.92 Å². The van der Waals surface area contributed by atoms with Crippen molar-refractivity contribution in [3.05, 3.63) is 42.2 Å². The van der Waals surface area contributed by atoms with Crippen molar-refractivity contribution in [3.8, 4) is 29.0 Å². The third-order valence-electron chi connectivity index (χ3n) is 2.33. The lowest BCUT2D eigenvalue weighted by molar-refractivity contribution is 0.354. The van der Waals surface area contributed by atoms with E-state index < -0.39 is 11.6 Å². The molecule has 0 amide bonds. The smallest absolute Gasteiger partial charge is 0.217 e. The van der Waals surface area contributed by atoms with Gasteiger partial charge in [0.05, 0.1) is 11.3 Å². The summed E-state index contributed by atoms with van der Waals surface area (Å²) in [5.41, 5.74) is -0.0682. The van der Waals surface area contributed by atoms with Crippen LogP contribution >= 0.6 is 0 Å². The van der Waals surface area contributed by atoms with Crippen LogP contribution in [-0.2, 0) is 0 Å². The molecular formula is C14H10F2N2O. The Bertz CT molecular complexity index is 627. The fourth-order valence-corrected chi connectivity index (χ4v) is 1.48. The lowest BCUT2D eigenvalue weighted by Crippen LogP contribution is -1.99. The van der Waals surface area contributed by atoms with E-state index in [9.17, 15) is 8.78 Å². The summed E-state index contributed by atoms with van der Waals surface area (Å²) < 4.78 is 32.4. The van der Waals surface area contributed by atoms with Crippen LogP contribution in [-0.4, -0.2) is 16.6 Å². The maximum Gasteiger partial charge on any atom is 0.217 e. The number of rotatable bonds is 3. The monoisotopic (exact) mass is 260 g/mol. The number of benzene rings is 1. The van der Waals surface area contributed by atoms with E-state index in [1.54, 1.807) is 6.92 Å². The summed E-state index contributed by atoms with van der Waals surface area (Å²) in [6.45, 7) is 1.84. The van der Waals surface area contributed by atoms with Crippen LogP contribution in [0.15, 0.2) is 30.6 Å².